The molecule has 0 aromatic heterocycles. The molecule has 0 fully saturated rings. The van der Waals surface area contributed by atoms with Crippen LogP contribution in [0.25, 0.3) is 0 Å². The summed E-state index contributed by atoms with van der Waals surface area (Å²) in [5.41, 5.74) is 0. The molecule has 50 valence electrons. The van der Waals surface area contributed by atoms with E-state index in [0.717, 1.165) is 3.58 Å². The molecule has 0 aliphatic carbocycles. The summed E-state index contributed by atoms with van der Waals surface area (Å²) in [7, 11) is 0. The second-order valence-electron chi connectivity index (χ2n) is 1.66. The molecule has 4 heteroatoms. The van der Waals surface area contributed by atoms with Gasteiger partial charge in [-0.05, 0) is 28.7 Å². The van der Waals surface area contributed by atoms with Gasteiger partial charge in [0, 0.05) is 3.58 Å². The van der Waals surface area contributed by atoms with Gasteiger partial charge in [-0.15, -0.1) is 11.6 Å². The zero-order valence-corrected chi connectivity index (χ0v) is 8.11. The second kappa shape index (κ2) is 3.21. The van der Waals surface area contributed by atoms with E-state index in [1.54, 1.807) is 6.08 Å². The SMILES string of the molecule is ClC1=NCC(Cl)C(I)=C1. The monoisotopic (exact) mass is 275 g/mol. The maximum absolute atomic E-state index is 5.79. The van der Waals surface area contributed by atoms with Gasteiger partial charge in [-0.25, -0.2) is 0 Å². The predicted molar refractivity (Wildman–Crippen MR) is 49.9 cm³/mol. The lowest BCUT2D eigenvalue weighted by molar-refractivity contribution is 1.00. The topological polar surface area (TPSA) is 12.4 Å². The van der Waals surface area contributed by atoms with Gasteiger partial charge in [0.05, 0.1) is 11.9 Å². The summed E-state index contributed by atoms with van der Waals surface area (Å²) in [5, 5.41) is 0.587. The van der Waals surface area contributed by atoms with Gasteiger partial charge in [0.1, 0.15) is 5.17 Å². The number of dihydropyridines is 1. The third-order valence-electron chi connectivity index (χ3n) is 0.959. The fourth-order valence-electron chi connectivity index (χ4n) is 0.504. The Bertz CT molecular complexity index is 176. The Balaban J connectivity index is 2.74. The molecule has 0 aromatic carbocycles. The van der Waals surface area contributed by atoms with Gasteiger partial charge in [0.15, 0.2) is 0 Å². The van der Waals surface area contributed by atoms with Crippen LogP contribution in [-0.4, -0.2) is 17.1 Å². The highest BCUT2D eigenvalue weighted by Gasteiger charge is 2.12. The first-order chi connectivity index (χ1) is 4.20. The van der Waals surface area contributed by atoms with Crippen molar-refractivity contribution in [1.82, 2.24) is 0 Å². The molecule has 0 saturated carbocycles. The third-order valence-corrected chi connectivity index (χ3v) is 2.99. The Morgan fingerprint density at radius 3 is 2.89 bits per heavy atom. The molecule has 1 aliphatic heterocycles. The van der Waals surface area contributed by atoms with Crippen molar-refractivity contribution in [3.63, 3.8) is 0 Å². The van der Waals surface area contributed by atoms with E-state index in [1.807, 2.05) is 0 Å². The summed E-state index contributed by atoms with van der Waals surface area (Å²) < 4.78 is 1.06. The Morgan fingerprint density at radius 1 is 1.78 bits per heavy atom. The van der Waals surface area contributed by atoms with Crippen LogP contribution in [0.3, 0.4) is 0 Å². The minimum atomic E-state index is 0.0353. The Kier molecular flexibility index (Phi) is 2.79. The highest BCUT2D eigenvalue weighted by Crippen LogP contribution is 2.21. The van der Waals surface area contributed by atoms with E-state index < -0.39 is 0 Å². The zero-order chi connectivity index (χ0) is 6.85. The number of nitrogens with zero attached hydrogens (tertiary/aromatic N) is 1. The maximum atomic E-state index is 5.79. The van der Waals surface area contributed by atoms with E-state index >= 15 is 0 Å². The molecular formula is C5H4Cl2IN. The van der Waals surface area contributed by atoms with Gasteiger partial charge in [-0.1, -0.05) is 11.6 Å². The third kappa shape index (κ3) is 2.09. The standard InChI is InChI=1S/C5H4Cl2IN/c6-3-2-9-5(7)1-4(3)8/h1,3H,2H2. The summed E-state index contributed by atoms with van der Waals surface area (Å²) in [5.74, 6) is 0. The highest BCUT2D eigenvalue weighted by atomic mass is 127. The number of halogens is 3. The van der Waals surface area contributed by atoms with Gasteiger partial charge in [-0.2, -0.15) is 0 Å². The van der Waals surface area contributed by atoms with Crippen LogP contribution in [0.2, 0.25) is 0 Å². The first kappa shape index (κ1) is 7.82. The summed E-state index contributed by atoms with van der Waals surface area (Å²) in [6.45, 7) is 0.606. The Hall–Kier alpha value is 0.720. The molecule has 9 heavy (non-hydrogen) atoms. The summed E-state index contributed by atoms with van der Waals surface area (Å²) in [4.78, 5) is 3.93. The van der Waals surface area contributed by atoms with E-state index in [0.29, 0.717) is 11.7 Å². The van der Waals surface area contributed by atoms with E-state index in [2.05, 4.69) is 27.6 Å². The van der Waals surface area contributed by atoms with Crippen molar-refractivity contribution in [3.8, 4) is 0 Å². The van der Waals surface area contributed by atoms with Gasteiger partial charge < -0.3 is 0 Å². The number of alkyl halides is 1. The normalized spacial score (nSPS) is 27.2. The first-order valence-corrected chi connectivity index (χ1v) is 4.30. The molecule has 0 radical (unpaired) electrons. The summed E-state index contributed by atoms with van der Waals surface area (Å²) in [6, 6.07) is 0. The van der Waals surface area contributed by atoms with E-state index in [4.69, 9.17) is 23.2 Å². The highest BCUT2D eigenvalue weighted by molar-refractivity contribution is 14.1. The maximum Gasteiger partial charge on any atom is 0.124 e. The van der Waals surface area contributed by atoms with Crippen LogP contribution in [0.5, 0.6) is 0 Å². The smallest absolute Gasteiger partial charge is 0.124 e. The lowest BCUT2D eigenvalue weighted by atomic mass is 10.3. The molecule has 0 bridgehead atoms. The van der Waals surface area contributed by atoms with Crippen molar-refractivity contribution < 1.29 is 0 Å². The number of hydrogen-bond donors (Lipinski definition) is 0. The second-order valence-corrected chi connectivity index (χ2v) is 3.82. The Labute approximate surface area is 77.3 Å². The van der Waals surface area contributed by atoms with Gasteiger partial charge >= 0.3 is 0 Å². The first-order valence-electron chi connectivity index (χ1n) is 2.41. The van der Waals surface area contributed by atoms with Gasteiger partial charge in [0.25, 0.3) is 0 Å². The fourth-order valence-corrected chi connectivity index (χ4v) is 1.50. The van der Waals surface area contributed by atoms with Crippen molar-refractivity contribution in [1.29, 1.82) is 0 Å². The van der Waals surface area contributed by atoms with Crippen LogP contribution in [0.4, 0.5) is 0 Å². The van der Waals surface area contributed by atoms with E-state index in [9.17, 15) is 0 Å². The molecule has 0 saturated heterocycles. The van der Waals surface area contributed by atoms with Crippen molar-refractivity contribution in [3.05, 3.63) is 9.66 Å². The molecule has 1 atom stereocenters. The lowest BCUT2D eigenvalue weighted by Crippen LogP contribution is -2.09. The minimum Gasteiger partial charge on any atom is -0.271 e. The minimum absolute atomic E-state index is 0.0353. The van der Waals surface area contributed by atoms with E-state index in [1.165, 1.54) is 0 Å². The molecule has 1 nitrogen and oxygen atoms in total. The fraction of sp³-hybridized carbons (Fsp3) is 0.400. The number of rotatable bonds is 0. The molecule has 0 amide bonds. The molecule has 1 heterocycles. The number of hydrogen-bond acceptors (Lipinski definition) is 1. The van der Waals surface area contributed by atoms with Crippen molar-refractivity contribution in [2.75, 3.05) is 6.54 Å². The Morgan fingerprint density at radius 2 is 2.44 bits per heavy atom. The van der Waals surface area contributed by atoms with Crippen LogP contribution >= 0.6 is 45.8 Å². The largest absolute Gasteiger partial charge is 0.271 e. The average molecular weight is 276 g/mol. The van der Waals surface area contributed by atoms with Crippen LogP contribution < -0.4 is 0 Å². The molecular weight excluding hydrogens is 272 g/mol. The molecule has 1 unspecified atom stereocenters. The van der Waals surface area contributed by atoms with Crippen LogP contribution in [0.15, 0.2) is 14.6 Å². The van der Waals surface area contributed by atoms with Crippen LogP contribution in [0.1, 0.15) is 0 Å². The molecule has 1 rings (SSSR count). The van der Waals surface area contributed by atoms with E-state index in [-0.39, 0.29) is 5.38 Å². The number of allylic oxidation sites excluding steroid dienone is 1. The van der Waals surface area contributed by atoms with Crippen LogP contribution in [-0.2, 0) is 0 Å². The van der Waals surface area contributed by atoms with Crippen molar-refractivity contribution in [2.24, 2.45) is 4.99 Å². The van der Waals surface area contributed by atoms with Crippen molar-refractivity contribution in [2.45, 2.75) is 5.38 Å². The lowest BCUT2D eigenvalue weighted by Gasteiger charge is -2.09. The quantitative estimate of drug-likeness (QED) is 0.476. The predicted octanol–water partition coefficient (Wildman–Crippen LogP) is 2.56. The molecule has 0 N–H and O–H groups in total. The van der Waals surface area contributed by atoms with Gasteiger partial charge in [0.2, 0.25) is 0 Å². The zero-order valence-electron chi connectivity index (χ0n) is 4.44. The summed E-state index contributed by atoms with van der Waals surface area (Å²) >= 11 is 13.5. The van der Waals surface area contributed by atoms with Crippen molar-refractivity contribution >= 4 is 51.0 Å². The molecule has 0 aromatic rings. The van der Waals surface area contributed by atoms with Gasteiger partial charge in [-0.3, -0.25) is 4.99 Å². The number of aliphatic imine (C=N–C) groups is 1. The summed E-state index contributed by atoms with van der Waals surface area (Å²) in [6.07, 6.45) is 1.78. The molecule has 1 aliphatic rings. The molecule has 0 spiro atoms. The average Bonchev–Trinajstić information content (AvgIpc) is 1.80. The van der Waals surface area contributed by atoms with Crippen LogP contribution in [0, 0.1) is 0 Å².